The highest BCUT2D eigenvalue weighted by Crippen LogP contribution is 2.40. The van der Waals surface area contributed by atoms with Gasteiger partial charge in [-0.2, -0.15) is 11.8 Å². The molecule has 0 aromatic rings. The molecule has 0 aromatic carbocycles. The first-order valence-corrected chi connectivity index (χ1v) is 9.35. The molecule has 2 unspecified atom stereocenters. The van der Waals surface area contributed by atoms with Gasteiger partial charge in [-0.05, 0) is 39.0 Å². The quantitative estimate of drug-likeness (QED) is 0.851. The van der Waals surface area contributed by atoms with Crippen LogP contribution in [0.1, 0.15) is 60.3 Å². The highest BCUT2D eigenvalue weighted by Gasteiger charge is 2.37. The van der Waals surface area contributed by atoms with Crippen molar-refractivity contribution in [3.63, 3.8) is 0 Å². The number of hydrogen-bond donors (Lipinski definition) is 1. The standard InChI is InChI=1S/C17H34N2S/c1-14-10-19(11-15(2)20-14)13-17(8-6-7-9-17)12-18-16(3,4)5/h14-15,18H,6-13H2,1-5H3. The Morgan fingerprint density at radius 1 is 1.10 bits per heavy atom. The van der Waals surface area contributed by atoms with Gasteiger partial charge in [0.1, 0.15) is 0 Å². The Labute approximate surface area is 130 Å². The lowest BCUT2D eigenvalue weighted by Gasteiger charge is -2.42. The molecule has 1 heterocycles. The van der Waals surface area contributed by atoms with Gasteiger partial charge in [0.15, 0.2) is 0 Å². The van der Waals surface area contributed by atoms with Gasteiger partial charge in [-0.1, -0.05) is 26.7 Å². The van der Waals surface area contributed by atoms with Crippen LogP contribution in [0.4, 0.5) is 0 Å². The molecule has 2 atom stereocenters. The third-order valence-corrected chi connectivity index (χ3v) is 5.94. The Morgan fingerprint density at radius 3 is 2.15 bits per heavy atom. The van der Waals surface area contributed by atoms with Crippen LogP contribution >= 0.6 is 11.8 Å². The molecule has 1 aliphatic carbocycles. The highest BCUT2D eigenvalue weighted by atomic mass is 32.2. The summed E-state index contributed by atoms with van der Waals surface area (Å²) in [5.41, 5.74) is 0.780. The molecule has 2 rings (SSSR count). The number of hydrogen-bond acceptors (Lipinski definition) is 3. The molecule has 0 radical (unpaired) electrons. The molecule has 3 heteroatoms. The van der Waals surface area contributed by atoms with E-state index in [4.69, 9.17) is 0 Å². The predicted molar refractivity (Wildman–Crippen MR) is 91.6 cm³/mol. The molecular weight excluding hydrogens is 264 g/mol. The van der Waals surface area contributed by atoms with Gasteiger partial charge in [0.2, 0.25) is 0 Å². The SMILES string of the molecule is CC1CN(CC2(CNC(C)(C)C)CCCC2)CC(C)S1. The van der Waals surface area contributed by atoms with Crippen LogP contribution in [0.2, 0.25) is 0 Å². The number of nitrogens with one attached hydrogen (secondary N) is 1. The van der Waals surface area contributed by atoms with Gasteiger partial charge in [-0.15, -0.1) is 0 Å². The first-order chi connectivity index (χ1) is 9.28. The van der Waals surface area contributed by atoms with Gasteiger partial charge in [0.05, 0.1) is 0 Å². The zero-order valence-electron chi connectivity index (χ0n) is 14.2. The molecule has 1 saturated heterocycles. The Balaban J connectivity index is 1.94. The zero-order valence-corrected chi connectivity index (χ0v) is 15.0. The fourth-order valence-corrected chi connectivity index (χ4v) is 5.24. The maximum absolute atomic E-state index is 3.78. The van der Waals surface area contributed by atoms with E-state index in [0.717, 1.165) is 10.5 Å². The van der Waals surface area contributed by atoms with E-state index in [-0.39, 0.29) is 5.54 Å². The fourth-order valence-electron chi connectivity index (χ4n) is 3.86. The molecule has 0 bridgehead atoms. The van der Waals surface area contributed by atoms with Crippen LogP contribution in [0.5, 0.6) is 0 Å². The summed E-state index contributed by atoms with van der Waals surface area (Å²) >= 11 is 2.16. The van der Waals surface area contributed by atoms with E-state index >= 15 is 0 Å². The monoisotopic (exact) mass is 298 g/mol. The van der Waals surface area contributed by atoms with E-state index in [9.17, 15) is 0 Å². The summed E-state index contributed by atoms with van der Waals surface area (Å²) in [6, 6.07) is 0. The van der Waals surface area contributed by atoms with Gasteiger partial charge in [-0.3, -0.25) is 0 Å². The summed E-state index contributed by atoms with van der Waals surface area (Å²) < 4.78 is 0. The molecule has 20 heavy (non-hydrogen) atoms. The van der Waals surface area contributed by atoms with Crippen molar-refractivity contribution < 1.29 is 0 Å². The van der Waals surface area contributed by atoms with Gasteiger partial charge < -0.3 is 10.2 Å². The third kappa shape index (κ3) is 4.92. The Bertz CT molecular complexity index is 295. The first-order valence-electron chi connectivity index (χ1n) is 8.41. The number of thioether (sulfide) groups is 1. The summed E-state index contributed by atoms with van der Waals surface area (Å²) in [5.74, 6) is 0. The summed E-state index contributed by atoms with van der Waals surface area (Å²) in [4.78, 5) is 2.75. The molecule has 0 amide bonds. The lowest BCUT2D eigenvalue weighted by Crippen LogP contribution is -2.51. The second kappa shape index (κ2) is 6.58. The van der Waals surface area contributed by atoms with Crippen LogP contribution in [0.3, 0.4) is 0 Å². The minimum absolute atomic E-state index is 0.244. The van der Waals surface area contributed by atoms with Gasteiger partial charge in [0.25, 0.3) is 0 Å². The normalized spacial score (nSPS) is 31.6. The summed E-state index contributed by atoms with van der Waals surface area (Å²) in [6.45, 7) is 16.7. The number of rotatable bonds is 4. The van der Waals surface area contributed by atoms with Crippen molar-refractivity contribution >= 4 is 11.8 Å². The molecule has 118 valence electrons. The van der Waals surface area contributed by atoms with E-state index < -0.39 is 0 Å². The third-order valence-electron chi connectivity index (χ3n) is 4.71. The summed E-state index contributed by atoms with van der Waals surface area (Å²) in [6.07, 6.45) is 5.70. The van der Waals surface area contributed by atoms with Crippen molar-refractivity contribution in [2.75, 3.05) is 26.2 Å². The van der Waals surface area contributed by atoms with Gasteiger partial charge in [0, 0.05) is 42.2 Å². The second-order valence-electron chi connectivity index (χ2n) is 8.26. The minimum Gasteiger partial charge on any atom is -0.311 e. The van der Waals surface area contributed by atoms with Crippen molar-refractivity contribution in [1.82, 2.24) is 10.2 Å². The Kier molecular flexibility index (Phi) is 5.47. The van der Waals surface area contributed by atoms with Crippen molar-refractivity contribution in [3.05, 3.63) is 0 Å². The van der Waals surface area contributed by atoms with Crippen LogP contribution in [-0.2, 0) is 0 Å². The molecule has 1 aliphatic heterocycles. The van der Waals surface area contributed by atoms with Crippen molar-refractivity contribution in [1.29, 1.82) is 0 Å². The molecule has 2 fully saturated rings. The van der Waals surface area contributed by atoms with Crippen LogP contribution in [0.15, 0.2) is 0 Å². The topological polar surface area (TPSA) is 15.3 Å². The van der Waals surface area contributed by atoms with E-state index in [1.54, 1.807) is 0 Å². The number of nitrogens with zero attached hydrogens (tertiary/aromatic N) is 1. The maximum atomic E-state index is 3.78. The first kappa shape index (κ1) is 16.6. The second-order valence-corrected chi connectivity index (χ2v) is 10.1. The molecule has 2 aliphatic rings. The van der Waals surface area contributed by atoms with Gasteiger partial charge in [-0.25, -0.2) is 0 Å². The predicted octanol–water partition coefficient (Wildman–Crippen LogP) is 3.76. The summed E-state index contributed by atoms with van der Waals surface area (Å²) in [5, 5.41) is 5.38. The molecule has 2 nitrogen and oxygen atoms in total. The molecule has 0 aromatic heterocycles. The van der Waals surface area contributed by atoms with E-state index in [1.807, 2.05) is 0 Å². The molecule has 1 N–H and O–H groups in total. The minimum atomic E-state index is 0.244. The molecular formula is C17H34N2S. The fraction of sp³-hybridized carbons (Fsp3) is 1.00. The van der Waals surface area contributed by atoms with Gasteiger partial charge >= 0.3 is 0 Å². The highest BCUT2D eigenvalue weighted by molar-refractivity contribution is 8.00. The zero-order chi connectivity index (χ0) is 14.8. The van der Waals surface area contributed by atoms with Crippen molar-refractivity contribution in [2.24, 2.45) is 5.41 Å². The van der Waals surface area contributed by atoms with E-state index in [2.05, 4.69) is 56.6 Å². The van der Waals surface area contributed by atoms with Crippen LogP contribution in [-0.4, -0.2) is 47.1 Å². The van der Waals surface area contributed by atoms with Crippen LogP contribution < -0.4 is 5.32 Å². The molecule has 1 saturated carbocycles. The lowest BCUT2D eigenvalue weighted by molar-refractivity contribution is 0.138. The van der Waals surface area contributed by atoms with Crippen LogP contribution in [0.25, 0.3) is 0 Å². The van der Waals surface area contributed by atoms with Crippen LogP contribution in [0, 0.1) is 5.41 Å². The van der Waals surface area contributed by atoms with E-state index in [1.165, 1.54) is 51.9 Å². The Hall–Kier alpha value is 0.270. The maximum Gasteiger partial charge on any atom is 0.0149 e. The van der Waals surface area contributed by atoms with E-state index in [0.29, 0.717) is 5.41 Å². The van der Waals surface area contributed by atoms with Crippen molar-refractivity contribution in [3.8, 4) is 0 Å². The average Bonchev–Trinajstić information content (AvgIpc) is 2.73. The lowest BCUT2D eigenvalue weighted by atomic mass is 9.84. The smallest absolute Gasteiger partial charge is 0.0149 e. The summed E-state index contributed by atoms with van der Waals surface area (Å²) in [7, 11) is 0. The Morgan fingerprint density at radius 2 is 1.65 bits per heavy atom. The van der Waals surface area contributed by atoms with Crippen molar-refractivity contribution in [2.45, 2.75) is 76.3 Å². The average molecular weight is 299 g/mol. The largest absolute Gasteiger partial charge is 0.311 e. The molecule has 0 spiro atoms.